The molecule has 44 valence electrons. The molecule has 0 saturated heterocycles. The van der Waals surface area contributed by atoms with Crippen LogP contribution in [0.15, 0.2) is 30.3 Å². The fourth-order valence-corrected chi connectivity index (χ4v) is 0.415. The molecule has 0 aromatic heterocycles. The van der Waals surface area contributed by atoms with Gasteiger partial charge in [0.1, 0.15) is 5.82 Å². The van der Waals surface area contributed by atoms with Crippen molar-refractivity contribution in [3.8, 4) is 0 Å². The van der Waals surface area contributed by atoms with Crippen molar-refractivity contribution in [3.05, 3.63) is 36.1 Å². The summed E-state index contributed by atoms with van der Waals surface area (Å²) in [6.07, 6.45) is 0. The maximum absolute atomic E-state index is 11.9. The van der Waals surface area contributed by atoms with E-state index < -0.39 is 0 Å². The van der Waals surface area contributed by atoms with Crippen molar-refractivity contribution < 1.29 is 4.39 Å². The van der Waals surface area contributed by atoms with Crippen LogP contribution in [-0.4, -0.2) is 18.0 Å². The Morgan fingerprint density at radius 3 is 1.75 bits per heavy atom. The molecule has 0 spiro atoms. The molecule has 1 unspecified atom stereocenters. The van der Waals surface area contributed by atoms with Gasteiger partial charge in [-0.15, -0.1) is 0 Å². The van der Waals surface area contributed by atoms with Crippen LogP contribution < -0.4 is 0 Å². The van der Waals surface area contributed by atoms with E-state index in [1.165, 1.54) is 12.1 Å². The normalized spacial score (nSPS) is 7.62. The van der Waals surface area contributed by atoms with Crippen molar-refractivity contribution in [3.63, 3.8) is 0 Å². The van der Waals surface area contributed by atoms with E-state index in [0.717, 1.165) is 0 Å². The Balaban J connectivity index is 0.000000490. The second-order valence-corrected chi connectivity index (χ2v) is 1.30. The molecular formula is C6H8AsF. The maximum atomic E-state index is 11.9. The molecule has 1 rings (SSSR count). The molecule has 0 aliphatic rings. The molecule has 1 atom stereocenters. The van der Waals surface area contributed by atoms with E-state index in [2.05, 4.69) is 0 Å². The predicted molar refractivity (Wildman–Crippen MR) is 36.3 cm³/mol. The van der Waals surface area contributed by atoms with Gasteiger partial charge in [0, 0.05) is 0 Å². The van der Waals surface area contributed by atoms with E-state index >= 15 is 0 Å². The standard InChI is InChI=1S/C6H5F.AsH3/c7-6-4-2-1-3-5-6;/h1-5H;1H3. The molecule has 0 aliphatic heterocycles. The topological polar surface area (TPSA) is 0 Å². The zero-order chi connectivity index (χ0) is 5.11. The average Bonchev–Trinajstić information content (AvgIpc) is 1.69. The van der Waals surface area contributed by atoms with Gasteiger partial charge in [-0.1, -0.05) is 18.2 Å². The first kappa shape index (κ1) is 7.71. The van der Waals surface area contributed by atoms with E-state index in [1.54, 1.807) is 18.2 Å². The molecular weight excluding hydrogens is 166 g/mol. The molecule has 0 radical (unpaired) electrons. The van der Waals surface area contributed by atoms with E-state index in [-0.39, 0.29) is 23.8 Å². The fraction of sp³-hybridized carbons (Fsp3) is 0. The second-order valence-electron chi connectivity index (χ2n) is 1.30. The Labute approximate surface area is 59.0 Å². The minimum atomic E-state index is -0.178. The summed E-state index contributed by atoms with van der Waals surface area (Å²) in [6.45, 7) is 0. The zero-order valence-corrected chi connectivity index (χ0v) is 7.44. The summed E-state index contributed by atoms with van der Waals surface area (Å²) in [5.41, 5.74) is 0. The van der Waals surface area contributed by atoms with Gasteiger partial charge in [0.15, 0.2) is 0 Å². The summed E-state index contributed by atoms with van der Waals surface area (Å²) in [7, 11) is 0. The van der Waals surface area contributed by atoms with Crippen molar-refractivity contribution in [1.29, 1.82) is 0 Å². The van der Waals surface area contributed by atoms with Crippen LogP contribution in [0, 0.1) is 5.82 Å². The van der Waals surface area contributed by atoms with Gasteiger partial charge in [-0.3, -0.25) is 0 Å². The molecule has 0 saturated carbocycles. The molecule has 8 heavy (non-hydrogen) atoms. The molecule has 0 heterocycles. The van der Waals surface area contributed by atoms with E-state index in [1.807, 2.05) is 0 Å². The monoisotopic (exact) mass is 174 g/mol. The molecule has 0 bridgehead atoms. The fourth-order valence-electron chi connectivity index (χ4n) is 0.415. The van der Waals surface area contributed by atoms with Crippen molar-refractivity contribution in [1.82, 2.24) is 0 Å². The van der Waals surface area contributed by atoms with E-state index in [4.69, 9.17) is 0 Å². The third-order valence-corrected chi connectivity index (χ3v) is 0.733. The average molecular weight is 174 g/mol. The van der Waals surface area contributed by atoms with Crippen LogP contribution in [0.5, 0.6) is 0 Å². The van der Waals surface area contributed by atoms with Crippen molar-refractivity contribution in [2.75, 3.05) is 0 Å². The van der Waals surface area contributed by atoms with Gasteiger partial charge in [0.25, 0.3) is 0 Å². The molecule has 2 heteroatoms. The van der Waals surface area contributed by atoms with Crippen LogP contribution in [0.25, 0.3) is 0 Å². The van der Waals surface area contributed by atoms with E-state index in [0.29, 0.717) is 0 Å². The molecule has 0 N–H and O–H groups in total. The Morgan fingerprint density at radius 2 is 1.50 bits per heavy atom. The minimum absolute atomic E-state index is 0. The van der Waals surface area contributed by atoms with Gasteiger partial charge < -0.3 is 0 Å². The van der Waals surface area contributed by atoms with Gasteiger partial charge in [-0.25, -0.2) is 4.39 Å². The summed E-state index contributed by atoms with van der Waals surface area (Å²) in [5.74, 6) is -0.178. The molecule has 0 amide bonds. The van der Waals surface area contributed by atoms with Crippen LogP contribution in [0.3, 0.4) is 0 Å². The Morgan fingerprint density at radius 1 is 1.00 bits per heavy atom. The molecule has 1 aromatic rings. The van der Waals surface area contributed by atoms with Crippen molar-refractivity contribution >= 4 is 18.0 Å². The molecule has 1 aromatic carbocycles. The Bertz CT molecular complexity index is 138. The first-order valence-corrected chi connectivity index (χ1v) is 2.10. The third-order valence-electron chi connectivity index (χ3n) is 0.733. The number of hydrogen-bond donors (Lipinski definition) is 0. The van der Waals surface area contributed by atoms with Crippen LogP contribution in [-0.2, 0) is 0 Å². The quantitative estimate of drug-likeness (QED) is 0.506. The number of benzene rings is 1. The molecule has 0 fully saturated rings. The van der Waals surface area contributed by atoms with Gasteiger partial charge in [-0.05, 0) is 12.1 Å². The van der Waals surface area contributed by atoms with Crippen molar-refractivity contribution in [2.45, 2.75) is 0 Å². The van der Waals surface area contributed by atoms with E-state index in [9.17, 15) is 4.39 Å². The van der Waals surface area contributed by atoms with Crippen LogP contribution in [0.1, 0.15) is 0 Å². The third kappa shape index (κ3) is 2.13. The molecule has 0 nitrogen and oxygen atoms in total. The zero-order valence-electron chi connectivity index (χ0n) is 4.47. The summed E-state index contributed by atoms with van der Waals surface area (Å²) in [6, 6.07) is 7.94. The van der Waals surface area contributed by atoms with Gasteiger partial charge >= 0.3 is 18.0 Å². The summed E-state index contributed by atoms with van der Waals surface area (Å²) in [5, 5.41) is 0. The number of rotatable bonds is 0. The number of halogens is 1. The summed E-state index contributed by atoms with van der Waals surface area (Å²) < 4.78 is 11.9. The van der Waals surface area contributed by atoms with Gasteiger partial charge in [0.2, 0.25) is 0 Å². The van der Waals surface area contributed by atoms with Crippen molar-refractivity contribution in [2.24, 2.45) is 0 Å². The van der Waals surface area contributed by atoms with Crippen LogP contribution >= 0.6 is 0 Å². The first-order valence-electron chi connectivity index (χ1n) is 2.10. The van der Waals surface area contributed by atoms with Crippen LogP contribution in [0.2, 0.25) is 0 Å². The molecule has 0 aliphatic carbocycles. The first-order chi connectivity index (χ1) is 3.39. The SMILES string of the molecule is Fc1ccccc1.[AsH3]. The predicted octanol–water partition coefficient (Wildman–Crippen LogP) is 0.642. The summed E-state index contributed by atoms with van der Waals surface area (Å²) >= 11 is 0. The Kier molecular flexibility index (Phi) is 3.54. The second kappa shape index (κ2) is 3.68. The van der Waals surface area contributed by atoms with Crippen LogP contribution in [0.4, 0.5) is 4.39 Å². The Hall–Kier alpha value is -0.292. The van der Waals surface area contributed by atoms with Gasteiger partial charge in [0.05, 0.1) is 0 Å². The number of hydrogen-bond acceptors (Lipinski definition) is 0. The summed E-state index contributed by atoms with van der Waals surface area (Å²) in [4.78, 5) is 0. The van der Waals surface area contributed by atoms with Gasteiger partial charge in [-0.2, -0.15) is 0 Å².